The lowest BCUT2D eigenvalue weighted by molar-refractivity contribution is -0.189. The molecule has 2 bridgehead atoms. The molecule has 0 aromatic carbocycles. The average molecular weight is 279 g/mol. The van der Waals surface area contributed by atoms with E-state index in [-0.39, 0.29) is 17.3 Å². The summed E-state index contributed by atoms with van der Waals surface area (Å²) < 4.78 is 5.87. The first-order valence-electron chi connectivity index (χ1n) is 7.66. The molecule has 1 N–H and O–H groups in total. The smallest absolute Gasteiger partial charge is 0.332 e. The molecule has 0 unspecified atom stereocenters. The number of esters is 1. The molecule has 4 rings (SSSR count). The summed E-state index contributed by atoms with van der Waals surface area (Å²) in [7, 11) is 0. The lowest BCUT2D eigenvalue weighted by Gasteiger charge is -2.64. The van der Waals surface area contributed by atoms with Crippen LogP contribution in [0, 0.1) is 23.2 Å². The summed E-state index contributed by atoms with van der Waals surface area (Å²) in [6.07, 6.45) is 1.50. The van der Waals surface area contributed by atoms with Gasteiger partial charge in [-0.2, -0.15) is 0 Å². The van der Waals surface area contributed by atoms with E-state index >= 15 is 0 Å². The van der Waals surface area contributed by atoms with Crippen molar-refractivity contribution in [2.24, 2.45) is 28.2 Å². The minimum atomic E-state index is -0.559. The summed E-state index contributed by atoms with van der Waals surface area (Å²) in [6.45, 7) is 10.1. The lowest BCUT2D eigenvalue weighted by Crippen LogP contribution is -2.68. The van der Waals surface area contributed by atoms with Crippen molar-refractivity contribution in [3.8, 4) is 0 Å². The first kappa shape index (κ1) is 14.1. The predicted molar refractivity (Wildman–Crippen MR) is 76.6 cm³/mol. The first-order chi connectivity index (χ1) is 9.18. The highest BCUT2D eigenvalue weighted by Gasteiger charge is 2.65. The fourth-order valence-electron chi connectivity index (χ4n) is 4.33. The predicted octanol–water partition coefficient (Wildman–Crippen LogP) is 2.19. The highest BCUT2D eigenvalue weighted by atomic mass is 16.6. The van der Waals surface area contributed by atoms with Crippen LogP contribution in [-0.4, -0.2) is 34.5 Å². The summed E-state index contributed by atoms with van der Waals surface area (Å²) in [5.41, 5.74) is 0.747. The molecule has 0 amide bonds. The van der Waals surface area contributed by atoms with E-state index in [0.717, 1.165) is 18.6 Å². The van der Waals surface area contributed by atoms with E-state index in [2.05, 4.69) is 13.8 Å². The quantitative estimate of drug-likeness (QED) is 0.788. The maximum absolute atomic E-state index is 12.3. The normalized spacial score (nSPS) is 44.6. The number of aliphatic hydroxyl groups is 1. The molecule has 0 saturated heterocycles. The summed E-state index contributed by atoms with van der Waals surface area (Å²) in [5, 5.41) is 9.72. The number of nitrogens with zero attached hydrogens (tertiary/aromatic N) is 1. The molecule has 3 aliphatic carbocycles. The zero-order chi connectivity index (χ0) is 14.9. The Morgan fingerprint density at radius 2 is 2.00 bits per heavy atom. The number of hydrogen-bond acceptors (Lipinski definition) is 4. The molecule has 0 aromatic rings. The first-order valence-corrected chi connectivity index (χ1v) is 7.66. The van der Waals surface area contributed by atoms with E-state index in [1.807, 2.05) is 13.8 Å². The van der Waals surface area contributed by atoms with Gasteiger partial charge in [-0.05, 0) is 38.0 Å². The lowest BCUT2D eigenvalue weighted by atomic mass is 9.43. The summed E-state index contributed by atoms with van der Waals surface area (Å²) in [4.78, 5) is 17.0. The number of aliphatic hydroxyl groups excluding tert-OH is 1. The van der Waals surface area contributed by atoms with E-state index in [9.17, 15) is 9.90 Å². The van der Waals surface area contributed by atoms with Crippen molar-refractivity contribution in [2.45, 2.75) is 65.2 Å². The van der Waals surface area contributed by atoms with Crippen LogP contribution in [-0.2, 0) is 9.53 Å². The van der Waals surface area contributed by atoms with Gasteiger partial charge in [-0.1, -0.05) is 20.8 Å². The van der Waals surface area contributed by atoms with E-state index in [1.165, 1.54) is 0 Å². The van der Waals surface area contributed by atoms with Crippen LogP contribution >= 0.6 is 0 Å². The maximum atomic E-state index is 12.3. The molecule has 4 aliphatic rings. The van der Waals surface area contributed by atoms with Crippen molar-refractivity contribution in [1.29, 1.82) is 0 Å². The molecule has 20 heavy (non-hydrogen) atoms. The molecule has 3 fully saturated rings. The number of hydrogen-bond donors (Lipinski definition) is 1. The van der Waals surface area contributed by atoms with Crippen molar-refractivity contribution in [1.82, 2.24) is 0 Å². The fourth-order valence-corrected chi connectivity index (χ4v) is 4.33. The molecular weight excluding hydrogens is 254 g/mol. The van der Waals surface area contributed by atoms with Crippen LogP contribution < -0.4 is 0 Å². The zero-order valence-electron chi connectivity index (χ0n) is 13.0. The molecule has 3 saturated carbocycles. The third-order valence-electron chi connectivity index (χ3n) is 6.26. The van der Waals surface area contributed by atoms with Crippen molar-refractivity contribution < 1.29 is 14.6 Å². The third kappa shape index (κ3) is 1.63. The molecule has 0 spiro atoms. The van der Waals surface area contributed by atoms with Crippen molar-refractivity contribution in [3.63, 3.8) is 0 Å². The van der Waals surface area contributed by atoms with E-state index in [1.54, 1.807) is 6.92 Å². The number of rotatable bonds is 2. The van der Waals surface area contributed by atoms with Gasteiger partial charge in [-0.3, -0.25) is 4.99 Å². The molecular formula is C16H25NO3. The Morgan fingerprint density at radius 3 is 2.55 bits per heavy atom. The second kappa shape index (κ2) is 4.06. The zero-order valence-corrected chi connectivity index (χ0v) is 13.0. The van der Waals surface area contributed by atoms with Gasteiger partial charge in [0.25, 0.3) is 0 Å². The van der Waals surface area contributed by atoms with Crippen LogP contribution in [0.15, 0.2) is 4.99 Å². The fraction of sp³-hybridized carbons (Fsp3) is 0.875. The number of carbonyl (C=O) groups excluding carboxylic acids is 1. The summed E-state index contributed by atoms with van der Waals surface area (Å²) >= 11 is 0. The Morgan fingerprint density at radius 1 is 1.35 bits per heavy atom. The van der Waals surface area contributed by atoms with Gasteiger partial charge in [0.15, 0.2) is 11.6 Å². The minimum Gasteiger partial charge on any atom is -0.451 e. The Labute approximate surface area is 120 Å². The van der Waals surface area contributed by atoms with E-state index < -0.39 is 17.7 Å². The summed E-state index contributed by atoms with van der Waals surface area (Å²) in [6, 6.07) is -0.543. The molecule has 0 radical (unpaired) electrons. The van der Waals surface area contributed by atoms with Gasteiger partial charge in [0.05, 0.1) is 11.8 Å². The highest BCUT2D eigenvalue weighted by molar-refractivity contribution is 6.00. The number of ether oxygens (including phenoxy) is 1. The molecule has 6 atom stereocenters. The maximum Gasteiger partial charge on any atom is 0.332 e. The topological polar surface area (TPSA) is 58.9 Å². The van der Waals surface area contributed by atoms with Crippen LogP contribution in [0.3, 0.4) is 0 Å². The van der Waals surface area contributed by atoms with E-state index in [4.69, 9.17) is 9.73 Å². The van der Waals surface area contributed by atoms with Crippen molar-refractivity contribution in [2.75, 3.05) is 0 Å². The SMILES string of the molecule is C[C@@H]([C@@H](C)O)[C@H]1N=C2C[C@H]3C[C@H](C3(C)C)[C@@]2(C)OC1=O. The van der Waals surface area contributed by atoms with E-state index in [0.29, 0.717) is 11.8 Å². The van der Waals surface area contributed by atoms with Crippen LogP contribution in [0.25, 0.3) is 0 Å². The van der Waals surface area contributed by atoms with Gasteiger partial charge in [0.2, 0.25) is 0 Å². The third-order valence-corrected chi connectivity index (χ3v) is 6.26. The van der Waals surface area contributed by atoms with Gasteiger partial charge >= 0.3 is 5.97 Å². The Hall–Kier alpha value is -0.900. The van der Waals surface area contributed by atoms with Crippen molar-refractivity contribution in [3.05, 3.63) is 0 Å². The van der Waals surface area contributed by atoms with Gasteiger partial charge in [0.1, 0.15) is 0 Å². The summed E-state index contributed by atoms with van der Waals surface area (Å²) in [5.74, 6) is 0.550. The van der Waals surface area contributed by atoms with Crippen LogP contribution in [0.2, 0.25) is 0 Å². The van der Waals surface area contributed by atoms with Crippen LogP contribution in [0.4, 0.5) is 0 Å². The Bertz CT molecular complexity index is 482. The molecule has 1 aliphatic heterocycles. The number of carbonyl (C=O) groups is 1. The minimum absolute atomic E-state index is 0.203. The second-order valence-corrected chi connectivity index (χ2v) is 7.66. The molecule has 1 heterocycles. The average Bonchev–Trinajstić information content (AvgIpc) is 2.34. The van der Waals surface area contributed by atoms with Crippen molar-refractivity contribution >= 4 is 11.7 Å². The van der Waals surface area contributed by atoms with Gasteiger partial charge in [-0.25, -0.2) is 4.79 Å². The monoisotopic (exact) mass is 279 g/mol. The highest BCUT2D eigenvalue weighted by Crippen LogP contribution is 2.63. The van der Waals surface area contributed by atoms with Gasteiger partial charge in [-0.15, -0.1) is 0 Å². The Kier molecular flexibility index (Phi) is 2.85. The van der Waals surface area contributed by atoms with Crippen LogP contribution in [0.1, 0.15) is 47.5 Å². The number of aliphatic imine (C=N–C) groups is 1. The molecule has 4 heteroatoms. The van der Waals surface area contributed by atoms with Gasteiger partial charge in [0, 0.05) is 11.8 Å². The van der Waals surface area contributed by atoms with Gasteiger partial charge < -0.3 is 9.84 Å². The second-order valence-electron chi connectivity index (χ2n) is 7.66. The largest absolute Gasteiger partial charge is 0.451 e. The Balaban J connectivity index is 1.95. The molecule has 112 valence electrons. The standard InChI is InChI=1S/C16H25NO3/c1-8(9(2)18)13-14(19)20-16(5)11-6-10(15(11,3)4)7-12(16)17-13/h8-11,13,18H,6-7H2,1-5H3/t8-,9+,10+,11+,13+,16+/m0/s1. The van der Waals surface area contributed by atoms with Crippen LogP contribution in [0.5, 0.6) is 0 Å². The molecule has 0 aromatic heterocycles. The molecule has 4 nitrogen and oxygen atoms in total.